The van der Waals surface area contributed by atoms with Crippen LogP contribution in [-0.2, 0) is 16.3 Å². The molecular weight excluding hydrogens is 199 g/mol. The molecule has 0 aromatic carbocycles. The fourth-order valence-electron chi connectivity index (χ4n) is 2.57. The van der Waals surface area contributed by atoms with Gasteiger partial charge in [0.25, 0.3) is 0 Å². The first kappa shape index (κ1) is 11.7. The highest BCUT2D eigenvalue weighted by Gasteiger charge is 2.65. The average Bonchev–Trinajstić information content (AvgIpc) is 2.02. The Balaban J connectivity index is 3.03. The highest BCUT2D eigenvalue weighted by Crippen LogP contribution is 2.82. The van der Waals surface area contributed by atoms with Crippen LogP contribution < -0.4 is 0 Å². The molecule has 0 saturated carbocycles. The number of hydrogen-bond donors (Lipinski definition) is 0. The Morgan fingerprint density at radius 2 is 1.62 bits per heavy atom. The second kappa shape index (κ2) is 3.05. The van der Waals surface area contributed by atoms with Crippen LogP contribution in [0.2, 0.25) is 0 Å². The summed E-state index contributed by atoms with van der Waals surface area (Å²) < 4.78 is 5.89. The van der Waals surface area contributed by atoms with E-state index < -0.39 is 6.26 Å². The molecule has 0 aromatic rings. The smallest absolute Gasteiger partial charge is 0.0785 e. The van der Waals surface area contributed by atoms with Crippen LogP contribution in [0.1, 0.15) is 41.5 Å². The van der Waals surface area contributed by atoms with Crippen LogP contribution in [0.25, 0.3) is 0 Å². The molecule has 1 saturated heterocycles. The maximum Gasteiger partial charge on any atom is 0.0785 e. The molecule has 0 spiro atoms. The van der Waals surface area contributed by atoms with Gasteiger partial charge in [0.2, 0.25) is 0 Å². The molecule has 0 bridgehead atoms. The Morgan fingerprint density at radius 1 is 1.23 bits per heavy atom. The molecule has 0 atom stereocenters. The van der Waals surface area contributed by atoms with E-state index >= 15 is 0 Å². The molecular formula is C10H21OPS. The molecule has 1 fully saturated rings. The van der Waals surface area contributed by atoms with Gasteiger partial charge in [-0.1, -0.05) is 46.4 Å². The Hall–Kier alpha value is 0.610. The van der Waals surface area contributed by atoms with Crippen LogP contribution >= 0.6 is 6.26 Å². The van der Waals surface area contributed by atoms with Crippen molar-refractivity contribution in [2.24, 2.45) is 5.92 Å². The Morgan fingerprint density at radius 3 is 1.92 bits per heavy atom. The minimum Gasteiger partial charge on any atom is -0.350 e. The van der Waals surface area contributed by atoms with Gasteiger partial charge in [0.05, 0.1) is 6.26 Å². The predicted molar refractivity (Wildman–Crippen MR) is 63.2 cm³/mol. The lowest BCUT2D eigenvalue weighted by atomic mass is 9.83. The van der Waals surface area contributed by atoms with Crippen molar-refractivity contribution in [3.63, 3.8) is 0 Å². The lowest BCUT2D eigenvalue weighted by molar-refractivity contribution is 0.225. The first-order valence-electron chi connectivity index (χ1n) is 4.96. The second-order valence-corrected chi connectivity index (χ2v) is 10.2. The van der Waals surface area contributed by atoms with Gasteiger partial charge in [-0.3, -0.25) is 0 Å². The zero-order chi connectivity index (χ0) is 10.5. The molecule has 0 aromatic heterocycles. The summed E-state index contributed by atoms with van der Waals surface area (Å²) in [4.78, 5) is 0. The van der Waals surface area contributed by atoms with Gasteiger partial charge < -0.3 is 4.52 Å². The van der Waals surface area contributed by atoms with Crippen LogP contribution in [0, 0.1) is 5.92 Å². The summed E-state index contributed by atoms with van der Waals surface area (Å²) in [7, 11) is 0. The van der Waals surface area contributed by atoms with E-state index in [1.165, 1.54) is 0 Å². The van der Waals surface area contributed by atoms with Crippen LogP contribution in [0.4, 0.5) is 0 Å². The summed E-state index contributed by atoms with van der Waals surface area (Å²) in [6, 6.07) is 0. The Labute approximate surface area is 87.3 Å². The highest BCUT2D eigenvalue weighted by atomic mass is 32.4. The first-order valence-corrected chi connectivity index (χ1v) is 7.68. The monoisotopic (exact) mass is 220 g/mol. The summed E-state index contributed by atoms with van der Waals surface area (Å²) in [5.41, 5.74) is 0. The van der Waals surface area contributed by atoms with Crippen LogP contribution in [0.5, 0.6) is 0 Å². The van der Waals surface area contributed by atoms with Crippen molar-refractivity contribution in [3.05, 3.63) is 0 Å². The van der Waals surface area contributed by atoms with Crippen molar-refractivity contribution in [2.75, 3.05) is 6.61 Å². The summed E-state index contributed by atoms with van der Waals surface area (Å²) in [5, 5.41) is 0.448. The minimum absolute atomic E-state index is 0.224. The normalized spacial score (nSPS) is 41.2. The van der Waals surface area contributed by atoms with Crippen LogP contribution in [-0.4, -0.2) is 16.9 Å². The van der Waals surface area contributed by atoms with E-state index in [1.807, 2.05) is 6.92 Å². The molecule has 0 aliphatic carbocycles. The first-order chi connectivity index (χ1) is 5.72. The van der Waals surface area contributed by atoms with Crippen molar-refractivity contribution in [1.82, 2.24) is 0 Å². The molecule has 1 aliphatic heterocycles. The van der Waals surface area contributed by atoms with Crippen molar-refractivity contribution >= 4 is 18.1 Å². The van der Waals surface area contributed by atoms with Gasteiger partial charge >= 0.3 is 0 Å². The topological polar surface area (TPSA) is 9.23 Å². The molecule has 3 heteroatoms. The van der Waals surface area contributed by atoms with Gasteiger partial charge in [-0.15, -0.1) is 0 Å². The molecule has 1 nitrogen and oxygen atoms in total. The zero-order valence-corrected chi connectivity index (χ0v) is 11.3. The molecule has 0 amide bonds. The fraction of sp³-hybridized carbons (Fsp3) is 1.00. The van der Waals surface area contributed by atoms with Crippen LogP contribution in [0.3, 0.4) is 0 Å². The van der Waals surface area contributed by atoms with E-state index in [2.05, 4.69) is 34.6 Å². The fourth-order valence-corrected chi connectivity index (χ4v) is 7.81. The van der Waals surface area contributed by atoms with E-state index in [4.69, 9.17) is 16.3 Å². The van der Waals surface area contributed by atoms with E-state index in [9.17, 15) is 0 Å². The third kappa shape index (κ3) is 1.19. The minimum atomic E-state index is -1.62. The molecule has 13 heavy (non-hydrogen) atoms. The van der Waals surface area contributed by atoms with Gasteiger partial charge in [-0.05, 0) is 12.8 Å². The quantitative estimate of drug-likeness (QED) is 0.657. The average molecular weight is 220 g/mol. The van der Waals surface area contributed by atoms with Crippen LogP contribution in [0.15, 0.2) is 0 Å². The molecule has 1 rings (SSSR count). The SMILES string of the molecule is CCOP1(=S)C(C)(C)C(C)C1(C)C. The van der Waals surface area contributed by atoms with Gasteiger partial charge in [0, 0.05) is 16.9 Å². The molecule has 0 N–H and O–H groups in total. The summed E-state index contributed by atoms with van der Waals surface area (Å²) >= 11 is 5.77. The van der Waals surface area contributed by atoms with E-state index in [0.717, 1.165) is 6.61 Å². The van der Waals surface area contributed by atoms with Crippen molar-refractivity contribution < 1.29 is 4.52 Å². The molecule has 78 valence electrons. The van der Waals surface area contributed by atoms with E-state index in [-0.39, 0.29) is 10.3 Å². The highest BCUT2D eigenvalue weighted by molar-refractivity contribution is 8.14. The van der Waals surface area contributed by atoms with Gasteiger partial charge in [-0.25, -0.2) is 0 Å². The Kier molecular flexibility index (Phi) is 2.74. The van der Waals surface area contributed by atoms with Crippen molar-refractivity contribution in [3.8, 4) is 0 Å². The summed E-state index contributed by atoms with van der Waals surface area (Å²) in [6.45, 7) is 14.2. The molecule has 0 radical (unpaired) electrons. The van der Waals surface area contributed by atoms with E-state index in [1.54, 1.807) is 0 Å². The second-order valence-electron chi connectivity index (χ2n) is 5.00. The molecule has 0 unspecified atom stereocenters. The predicted octanol–water partition coefficient (Wildman–Crippen LogP) is 3.62. The lowest BCUT2D eigenvalue weighted by Crippen LogP contribution is -2.57. The zero-order valence-electron chi connectivity index (χ0n) is 9.55. The summed E-state index contributed by atoms with van der Waals surface area (Å²) in [6.07, 6.45) is -1.62. The standard InChI is InChI=1S/C10H21OPS/c1-7-11-12(13)9(3,4)8(2)10(12,5)6/h8H,7H2,1-6H3. The maximum atomic E-state index is 5.89. The summed E-state index contributed by atoms with van der Waals surface area (Å²) in [5.74, 6) is 0.664. The largest absolute Gasteiger partial charge is 0.350 e. The number of rotatable bonds is 2. The molecule has 1 aliphatic rings. The van der Waals surface area contributed by atoms with Gasteiger partial charge in [0.1, 0.15) is 0 Å². The van der Waals surface area contributed by atoms with Crippen molar-refractivity contribution in [2.45, 2.75) is 51.9 Å². The Bertz CT molecular complexity index is 238. The third-order valence-electron chi connectivity index (χ3n) is 3.95. The van der Waals surface area contributed by atoms with Gasteiger partial charge in [0.15, 0.2) is 0 Å². The lowest BCUT2D eigenvalue weighted by Gasteiger charge is -2.64. The van der Waals surface area contributed by atoms with Crippen molar-refractivity contribution in [1.29, 1.82) is 0 Å². The maximum absolute atomic E-state index is 5.89. The van der Waals surface area contributed by atoms with E-state index in [0.29, 0.717) is 5.92 Å². The third-order valence-corrected chi connectivity index (χ3v) is 11.5. The molecule has 1 heterocycles. The number of hydrogen-bond acceptors (Lipinski definition) is 2. The van der Waals surface area contributed by atoms with Gasteiger partial charge in [-0.2, -0.15) is 0 Å².